The van der Waals surface area contributed by atoms with Crippen molar-refractivity contribution in [1.29, 1.82) is 0 Å². The van der Waals surface area contributed by atoms with E-state index in [4.69, 9.17) is 0 Å². The van der Waals surface area contributed by atoms with Crippen LogP contribution in [0.15, 0.2) is 95.6 Å². The zero-order chi connectivity index (χ0) is 24.9. The Morgan fingerprint density at radius 3 is 2.44 bits per heavy atom. The number of aromatic nitrogens is 3. The number of carbonyl (C=O) groups is 1. The van der Waals surface area contributed by atoms with Crippen LogP contribution in [0.4, 0.5) is 16.3 Å². The predicted octanol–water partition coefficient (Wildman–Crippen LogP) is 5.77. The minimum absolute atomic E-state index is 0.144. The van der Waals surface area contributed by atoms with E-state index >= 15 is 0 Å². The number of nitrogens with one attached hydrogen (secondary N) is 3. The molecule has 0 fully saturated rings. The molecule has 0 atom stereocenters. The fourth-order valence-corrected chi connectivity index (χ4v) is 4.23. The number of benzene rings is 3. The Balaban J connectivity index is 1.25. The normalized spacial score (nSPS) is 10.8. The van der Waals surface area contributed by atoms with Gasteiger partial charge in [-0.05, 0) is 39.7 Å². The summed E-state index contributed by atoms with van der Waals surface area (Å²) in [4.78, 5) is 17.2. The molecule has 4 N–H and O–H groups in total. The van der Waals surface area contributed by atoms with Crippen molar-refractivity contribution in [1.82, 2.24) is 19.9 Å². The van der Waals surface area contributed by atoms with Crippen LogP contribution in [0.3, 0.4) is 0 Å². The van der Waals surface area contributed by atoms with Crippen LogP contribution in [-0.4, -0.2) is 38.8 Å². The van der Waals surface area contributed by atoms with E-state index in [0.29, 0.717) is 35.8 Å². The van der Waals surface area contributed by atoms with Crippen LogP contribution < -0.4 is 16.0 Å². The highest BCUT2D eigenvalue weighted by molar-refractivity contribution is 9.10. The molecule has 2 amide bonds. The van der Waals surface area contributed by atoms with E-state index in [0.717, 1.165) is 21.3 Å². The molecule has 0 aliphatic heterocycles. The summed E-state index contributed by atoms with van der Waals surface area (Å²) < 4.78 is 2.40. The summed E-state index contributed by atoms with van der Waals surface area (Å²) in [5, 5.41) is 23.8. The van der Waals surface area contributed by atoms with E-state index in [-0.39, 0.29) is 11.8 Å². The fourth-order valence-electron chi connectivity index (χ4n) is 3.88. The van der Waals surface area contributed by atoms with Crippen molar-refractivity contribution < 1.29 is 9.90 Å². The zero-order valence-electron chi connectivity index (χ0n) is 19.1. The summed E-state index contributed by atoms with van der Waals surface area (Å²) in [5.41, 5.74) is 4.55. The largest absolute Gasteiger partial charge is 0.507 e. The molecule has 2 heterocycles. The molecule has 36 heavy (non-hydrogen) atoms. The van der Waals surface area contributed by atoms with Gasteiger partial charge in [-0.2, -0.15) is 9.61 Å². The van der Waals surface area contributed by atoms with Crippen molar-refractivity contribution in [3.05, 3.63) is 95.6 Å². The van der Waals surface area contributed by atoms with Gasteiger partial charge in [-0.15, -0.1) is 0 Å². The van der Waals surface area contributed by atoms with Gasteiger partial charge in [0, 0.05) is 30.3 Å². The molecule has 5 aromatic rings. The van der Waals surface area contributed by atoms with Crippen molar-refractivity contribution >= 4 is 39.1 Å². The molecule has 9 heteroatoms. The molecule has 0 unspecified atom stereocenters. The van der Waals surface area contributed by atoms with Crippen LogP contribution in [-0.2, 0) is 0 Å². The lowest BCUT2D eigenvalue weighted by Gasteiger charge is -2.14. The maximum Gasteiger partial charge on any atom is 0.319 e. The third kappa shape index (κ3) is 5.01. The molecule has 0 aliphatic carbocycles. The first kappa shape index (κ1) is 23.4. The Hall–Kier alpha value is -4.37. The number of hydrogen-bond donors (Lipinski definition) is 4. The van der Waals surface area contributed by atoms with E-state index in [1.165, 1.54) is 0 Å². The highest BCUT2D eigenvalue weighted by Crippen LogP contribution is 2.31. The number of amides is 2. The number of para-hydroxylation sites is 2. The second kappa shape index (κ2) is 10.5. The first-order valence-corrected chi connectivity index (χ1v) is 12.2. The van der Waals surface area contributed by atoms with Crippen LogP contribution in [0, 0.1) is 0 Å². The number of nitrogens with zero attached hydrogens (tertiary/aromatic N) is 3. The predicted molar refractivity (Wildman–Crippen MR) is 145 cm³/mol. The SMILES string of the molecule is O=C(NCCNc1cc(-c2ccccc2O)nc2c(Br)cnn12)Nc1ccccc1-c1ccccc1. The summed E-state index contributed by atoms with van der Waals surface area (Å²) in [6, 6.07) is 26.2. The summed E-state index contributed by atoms with van der Waals surface area (Å²) in [7, 11) is 0. The minimum atomic E-state index is -0.295. The molecule has 0 radical (unpaired) electrons. The third-order valence-electron chi connectivity index (χ3n) is 5.59. The minimum Gasteiger partial charge on any atom is -0.507 e. The third-order valence-corrected chi connectivity index (χ3v) is 6.14. The molecule has 0 aliphatic rings. The lowest BCUT2D eigenvalue weighted by Crippen LogP contribution is -2.33. The molecule has 0 bridgehead atoms. The molecular weight excluding hydrogens is 520 g/mol. The number of phenols is 1. The number of halogens is 1. The number of aromatic hydroxyl groups is 1. The molecule has 0 spiro atoms. The lowest BCUT2D eigenvalue weighted by atomic mass is 10.0. The molecule has 2 aromatic heterocycles. The highest BCUT2D eigenvalue weighted by Gasteiger charge is 2.14. The standard InChI is InChI=1S/C27H23BrN6O2/c28-21-17-31-34-25(16-23(32-26(21)34)20-11-5-7-13-24(20)35)29-14-15-30-27(36)33-22-12-6-4-10-19(22)18-8-2-1-3-9-18/h1-13,16-17,29,35H,14-15H2,(H2,30,33,36). The highest BCUT2D eigenvalue weighted by atomic mass is 79.9. The van der Waals surface area contributed by atoms with Gasteiger partial charge in [0.05, 0.1) is 22.1 Å². The first-order valence-electron chi connectivity index (χ1n) is 11.4. The number of anilines is 2. The van der Waals surface area contributed by atoms with Gasteiger partial charge in [0.2, 0.25) is 0 Å². The number of fused-ring (bicyclic) bond motifs is 1. The van der Waals surface area contributed by atoms with Gasteiger partial charge in [-0.25, -0.2) is 9.78 Å². The maximum atomic E-state index is 12.6. The Bertz CT molecular complexity index is 1520. The smallest absolute Gasteiger partial charge is 0.319 e. The topological polar surface area (TPSA) is 104 Å². The Morgan fingerprint density at radius 2 is 1.64 bits per heavy atom. The average molecular weight is 543 g/mol. The van der Waals surface area contributed by atoms with Crippen molar-refractivity contribution in [2.24, 2.45) is 0 Å². The van der Waals surface area contributed by atoms with E-state index in [2.05, 4.69) is 42.0 Å². The van der Waals surface area contributed by atoms with E-state index in [1.54, 1.807) is 28.9 Å². The molecule has 0 saturated heterocycles. The molecule has 5 rings (SSSR count). The van der Waals surface area contributed by atoms with E-state index in [1.807, 2.05) is 66.7 Å². The van der Waals surface area contributed by atoms with Gasteiger partial charge in [0.15, 0.2) is 5.65 Å². The van der Waals surface area contributed by atoms with Gasteiger partial charge in [0.25, 0.3) is 0 Å². The monoisotopic (exact) mass is 542 g/mol. The molecular formula is C27H23BrN6O2. The molecule has 8 nitrogen and oxygen atoms in total. The Morgan fingerprint density at radius 1 is 0.917 bits per heavy atom. The van der Waals surface area contributed by atoms with E-state index < -0.39 is 0 Å². The van der Waals surface area contributed by atoms with Gasteiger partial charge < -0.3 is 21.1 Å². The zero-order valence-corrected chi connectivity index (χ0v) is 20.7. The number of urea groups is 1. The molecule has 3 aromatic carbocycles. The molecule has 180 valence electrons. The maximum absolute atomic E-state index is 12.6. The van der Waals surface area contributed by atoms with Gasteiger partial charge in [-0.1, -0.05) is 60.7 Å². The van der Waals surface area contributed by atoms with Crippen LogP contribution in [0.25, 0.3) is 28.0 Å². The van der Waals surface area contributed by atoms with Crippen LogP contribution >= 0.6 is 15.9 Å². The summed E-state index contributed by atoms with van der Waals surface area (Å²) in [6.07, 6.45) is 1.66. The summed E-state index contributed by atoms with van der Waals surface area (Å²) >= 11 is 3.48. The fraction of sp³-hybridized carbons (Fsp3) is 0.0741. The second-order valence-corrected chi connectivity index (χ2v) is 8.85. The van der Waals surface area contributed by atoms with Crippen molar-refractivity contribution in [2.75, 3.05) is 23.7 Å². The number of phenolic OH excluding ortho intramolecular Hbond substituents is 1. The van der Waals surface area contributed by atoms with Crippen LogP contribution in [0.5, 0.6) is 5.75 Å². The van der Waals surface area contributed by atoms with Crippen LogP contribution in [0.1, 0.15) is 0 Å². The summed E-state index contributed by atoms with van der Waals surface area (Å²) in [5.74, 6) is 0.825. The second-order valence-electron chi connectivity index (χ2n) is 7.99. The Kier molecular flexibility index (Phi) is 6.81. The molecule has 0 saturated carbocycles. The van der Waals surface area contributed by atoms with Crippen molar-refractivity contribution in [2.45, 2.75) is 0 Å². The van der Waals surface area contributed by atoms with Gasteiger partial charge >= 0.3 is 6.03 Å². The van der Waals surface area contributed by atoms with Gasteiger partial charge in [0.1, 0.15) is 11.6 Å². The van der Waals surface area contributed by atoms with E-state index in [9.17, 15) is 9.90 Å². The Labute approximate surface area is 216 Å². The number of hydrogen-bond acceptors (Lipinski definition) is 5. The van der Waals surface area contributed by atoms with Crippen molar-refractivity contribution in [3.8, 4) is 28.1 Å². The number of carbonyl (C=O) groups excluding carboxylic acids is 1. The van der Waals surface area contributed by atoms with Crippen LogP contribution in [0.2, 0.25) is 0 Å². The first-order chi connectivity index (χ1) is 17.6. The number of rotatable bonds is 7. The van der Waals surface area contributed by atoms with Crippen molar-refractivity contribution in [3.63, 3.8) is 0 Å². The van der Waals surface area contributed by atoms with Gasteiger partial charge in [-0.3, -0.25) is 0 Å². The summed E-state index contributed by atoms with van der Waals surface area (Å²) in [6.45, 7) is 0.821. The average Bonchev–Trinajstić information content (AvgIpc) is 3.28. The quantitative estimate of drug-likeness (QED) is 0.195. The lowest BCUT2D eigenvalue weighted by molar-refractivity contribution is 0.252.